The summed E-state index contributed by atoms with van der Waals surface area (Å²) in [5.74, 6) is -1.45. The van der Waals surface area contributed by atoms with E-state index in [1.807, 2.05) is 13.8 Å². The first-order valence-electron chi connectivity index (χ1n) is 10.9. The Morgan fingerprint density at radius 3 is 1.82 bits per heavy atom. The van der Waals surface area contributed by atoms with Gasteiger partial charge in [0.25, 0.3) is 21.8 Å². The van der Waals surface area contributed by atoms with Crippen LogP contribution in [-0.2, 0) is 14.8 Å². The smallest absolute Gasteiger partial charge is 0.270 e. The van der Waals surface area contributed by atoms with E-state index in [0.29, 0.717) is 11.1 Å². The maximum atomic E-state index is 13.4. The zero-order valence-corrected chi connectivity index (χ0v) is 19.7. The van der Waals surface area contributed by atoms with Gasteiger partial charge in [0.2, 0.25) is 5.91 Å². The fourth-order valence-electron chi connectivity index (χ4n) is 3.84. The molecule has 1 heterocycles. The highest BCUT2D eigenvalue weighted by molar-refractivity contribution is 7.93. The van der Waals surface area contributed by atoms with E-state index in [2.05, 4.69) is 0 Å². The summed E-state index contributed by atoms with van der Waals surface area (Å²) in [6, 6.07) is 19.5. The van der Waals surface area contributed by atoms with Crippen LogP contribution in [0, 0.1) is 13.8 Å². The first-order valence-corrected chi connectivity index (χ1v) is 12.3. The number of imide groups is 1. The van der Waals surface area contributed by atoms with Gasteiger partial charge < -0.3 is 0 Å². The molecule has 0 unspecified atom stereocenters. The second-order valence-corrected chi connectivity index (χ2v) is 10.0. The molecular formula is C26H24N2O5S. The van der Waals surface area contributed by atoms with Crippen molar-refractivity contribution in [2.24, 2.45) is 0 Å². The number of rotatable bonds is 7. The van der Waals surface area contributed by atoms with Crippen molar-refractivity contribution in [3.8, 4) is 0 Å². The molecule has 0 bridgehead atoms. The molecule has 3 amide bonds. The Hall–Kier alpha value is -3.78. The number of fused-ring (bicyclic) bond motifs is 1. The highest BCUT2D eigenvalue weighted by Gasteiger charge is 2.35. The monoisotopic (exact) mass is 476 g/mol. The summed E-state index contributed by atoms with van der Waals surface area (Å²) in [5, 5.41) is 0. The largest absolute Gasteiger partial charge is 0.274 e. The number of nitrogens with zero attached hydrogens (tertiary/aromatic N) is 2. The van der Waals surface area contributed by atoms with Gasteiger partial charge in [0.05, 0.1) is 21.7 Å². The van der Waals surface area contributed by atoms with E-state index in [4.69, 9.17) is 0 Å². The third kappa shape index (κ3) is 4.36. The van der Waals surface area contributed by atoms with Crippen molar-refractivity contribution < 1.29 is 22.8 Å². The predicted octanol–water partition coefficient (Wildman–Crippen LogP) is 4.10. The molecular weight excluding hydrogens is 452 g/mol. The van der Waals surface area contributed by atoms with Gasteiger partial charge >= 0.3 is 0 Å². The van der Waals surface area contributed by atoms with Crippen molar-refractivity contribution in [1.29, 1.82) is 0 Å². The predicted molar refractivity (Wildman–Crippen MR) is 128 cm³/mol. The van der Waals surface area contributed by atoms with E-state index < -0.39 is 27.7 Å². The molecule has 0 aromatic heterocycles. The fourth-order valence-corrected chi connectivity index (χ4v) is 5.29. The second kappa shape index (κ2) is 9.23. The van der Waals surface area contributed by atoms with Crippen LogP contribution in [0.1, 0.15) is 44.7 Å². The average molecular weight is 477 g/mol. The maximum Gasteiger partial charge on any atom is 0.270 e. The van der Waals surface area contributed by atoms with E-state index in [1.165, 1.54) is 12.1 Å². The van der Waals surface area contributed by atoms with Gasteiger partial charge in [-0.25, -0.2) is 12.7 Å². The number of carbonyl (C=O) groups is 3. The SMILES string of the molecule is Cc1ccc(N(C(=O)CCCN2C(=O)c3ccccc3C2=O)S(=O)(=O)c2ccc(C)cc2)cc1. The lowest BCUT2D eigenvalue weighted by Gasteiger charge is -2.23. The second-order valence-electron chi connectivity index (χ2n) is 8.22. The number of hydrogen-bond donors (Lipinski definition) is 0. The van der Waals surface area contributed by atoms with Crippen LogP contribution in [0.2, 0.25) is 0 Å². The van der Waals surface area contributed by atoms with Gasteiger partial charge in [0.15, 0.2) is 0 Å². The number of sulfonamides is 1. The number of aryl methyl sites for hydroxylation is 2. The molecule has 1 aliphatic heterocycles. The minimum atomic E-state index is -4.16. The van der Waals surface area contributed by atoms with Gasteiger partial charge in [-0.05, 0) is 56.7 Å². The van der Waals surface area contributed by atoms with E-state index in [1.54, 1.807) is 60.7 Å². The number of anilines is 1. The van der Waals surface area contributed by atoms with Gasteiger partial charge in [-0.1, -0.05) is 47.5 Å². The van der Waals surface area contributed by atoms with E-state index in [-0.39, 0.29) is 30.0 Å². The lowest BCUT2D eigenvalue weighted by molar-refractivity contribution is -0.117. The summed E-state index contributed by atoms with van der Waals surface area (Å²) in [6.07, 6.45) is -0.0253. The molecule has 0 saturated carbocycles. The van der Waals surface area contributed by atoms with Crippen LogP contribution >= 0.6 is 0 Å². The molecule has 0 fully saturated rings. The van der Waals surface area contributed by atoms with Crippen LogP contribution in [0.3, 0.4) is 0 Å². The molecule has 8 heteroatoms. The van der Waals surface area contributed by atoms with Crippen molar-refractivity contribution in [3.05, 3.63) is 95.1 Å². The summed E-state index contributed by atoms with van der Waals surface area (Å²) < 4.78 is 27.7. The number of carbonyl (C=O) groups excluding carboxylic acids is 3. The molecule has 0 aliphatic carbocycles. The fraction of sp³-hybridized carbons (Fsp3) is 0.192. The maximum absolute atomic E-state index is 13.4. The zero-order chi connectivity index (χ0) is 24.5. The van der Waals surface area contributed by atoms with E-state index in [9.17, 15) is 22.8 Å². The minimum absolute atomic E-state index is 0.00683. The molecule has 0 atom stereocenters. The third-order valence-electron chi connectivity index (χ3n) is 5.70. The Morgan fingerprint density at radius 2 is 1.29 bits per heavy atom. The normalized spacial score (nSPS) is 13.2. The van der Waals surface area contributed by atoms with Gasteiger partial charge in [0, 0.05) is 13.0 Å². The zero-order valence-electron chi connectivity index (χ0n) is 18.9. The average Bonchev–Trinajstić information content (AvgIpc) is 3.06. The van der Waals surface area contributed by atoms with Crippen LogP contribution in [0.4, 0.5) is 5.69 Å². The summed E-state index contributed by atoms with van der Waals surface area (Å²) in [7, 11) is -4.16. The van der Waals surface area contributed by atoms with E-state index in [0.717, 1.165) is 20.3 Å². The standard InChI is InChI=1S/C26H24N2O5S/c1-18-9-13-20(14-10-18)28(34(32,33)21-15-11-19(2)12-16-21)24(29)8-5-17-27-25(30)22-6-3-4-7-23(22)26(27)31/h3-4,6-7,9-16H,5,8,17H2,1-2H3. The molecule has 7 nitrogen and oxygen atoms in total. The van der Waals surface area contributed by atoms with Crippen LogP contribution < -0.4 is 4.31 Å². The number of amides is 3. The highest BCUT2D eigenvalue weighted by Crippen LogP contribution is 2.27. The molecule has 4 rings (SSSR count). The summed E-state index contributed by atoms with van der Waals surface area (Å²) in [4.78, 5) is 39.4. The Morgan fingerprint density at radius 1 is 0.794 bits per heavy atom. The Kier molecular flexibility index (Phi) is 6.34. The summed E-state index contributed by atoms with van der Waals surface area (Å²) in [6.45, 7) is 3.73. The van der Waals surface area contributed by atoms with Crippen LogP contribution in [0.15, 0.2) is 77.7 Å². The summed E-state index contributed by atoms with van der Waals surface area (Å²) >= 11 is 0. The molecule has 1 aliphatic rings. The molecule has 0 saturated heterocycles. The van der Waals surface area contributed by atoms with Gasteiger partial charge in [0.1, 0.15) is 0 Å². The molecule has 0 radical (unpaired) electrons. The topological polar surface area (TPSA) is 91.8 Å². The quantitative estimate of drug-likeness (QED) is 0.479. The molecule has 0 N–H and O–H groups in total. The lowest BCUT2D eigenvalue weighted by atomic mass is 10.1. The Bertz CT molecular complexity index is 1330. The van der Waals surface area contributed by atoms with Gasteiger partial charge in [-0.15, -0.1) is 0 Å². The molecule has 34 heavy (non-hydrogen) atoms. The van der Waals surface area contributed by atoms with Crippen molar-refractivity contribution >= 4 is 33.4 Å². The first kappa shape index (κ1) is 23.4. The van der Waals surface area contributed by atoms with Crippen molar-refractivity contribution in [2.45, 2.75) is 31.6 Å². The Labute approximate surface area is 198 Å². The lowest BCUT2D eigenvalue weighted by Crippen LogP contribution is -2.38. The van der Waals surface area contributed by atoms with E-state index >= 15 is 0 Å². The van der Waals surface area contributed by atoms with Crippen molar-refractivity contribution in [1.82, 2.24) is 4.90 Å². The number of hydrogen-bond acceptors (Lipinski definition) is 5. The van der Waals surface area contributed by atoms with Crippen molar-refractivity contribution in [3.63, 3.8) is 0 Å². The molecule has 3 aromatic rings. The van der Waals surface area contributed by atoms with Crippen LogP contribution in [-0.4, -0.2) is 37.6 Å². The Balaban J connectivity index is 1.55. The van der Waals surface area contributed by atoms with Crippen LogP contribution in [0.5, 0.6) is 0 Å². The number of benzene rings is 3. The molecule has 3 aromatic carbocycles. The van der Waals surface area contributed by atoms with Crippen LogP contribution in [0.25, 0.3) is 0 Å². The summed E-state index contributed by atoms with van der Waals surface area (Å²) in [5.41, 5.74) is 2.73. The molecule has 0 spiro atoms. The molecule has 174 valence electrons. The van der Waals surface area contributed by atoms with Gasteiger partial charge in [-0.2, -0.15) is 0 Å². The first-order chi connectivity index (χ1) is 16.2. The third-order valence-corrected chi connectivity index (χ3v) is 7.47. The highest BCUT2D eigenvalue weighted by atomic mass is 32.2. The van der Waals surface area contributed by atoms with Crippen molar-refractivity contribution in [2.75, 3.05) is 10.8 Å². The minimum Gasteiger partial charge on any atom is -0.274 e. The van der Waals surface area contributed by atoms with Gasteiger partial charge in [-0.3, -0.25) is 19.3 Å².